The number of pyridine rings is 1. The van der Waals surface area contributed by atoms with Crippen LogP contribution in [-0.2, 0) is 16.6 Å². The van der Waals surface area contributed by atoms with Gasteiger partial charge in [-0.25, -0.2) is 4.98 Å². The van der Waals surface area contributed by atoms with Gasteiger partial charge in [-0.1, -0.05) is 0 Å². The Labute approximate surface area is 181 Å². The van der Waals surface area contributed by atoms with Crippen molar-refractivity contribution in [2.75, 3.05) is 14.1 Å². The van der Waals surface area contributed by atoms with Crippen molar-refractivity contribution < 1.29 is 52.9 Å². The van der Waals surface area contributed by atoms with Gasteiger partial charge in [0, 0.05) is 23.4 Å². The maximum absolute atomic E-state index is 12.8. The summed E-state index contributed by atoms with van der Waals surface area (Å²) in [5.74, 6) is 0.307. The quantitative estimate of drug-likeness (QED) is 0.636. The first-order chi connectivity index (χ1) is 13.8. The van der Waals surface area contributed by atoms with Gasteiger partial charge < -0.3 is 15.9 Å². The summed E-state index contributed by atoms with van der Waals surface area (Å²) in [7, 11) is -6.81. The van der Waals surface area contributed by atoms with Gasteiger partial charge in [0.05, 0.1) is 55.6 Å². The molecule has 0 aliphatic heterocycles. The van der Waals surface area contributed by atoms with Crippen molar-refractivity contribution in [1.82, 2.24) is 15.0 Å². The SMILES string of the molecule is [2H]C([2H])([2H])Oc1ccc2nc(S(=O)Cc3ncc(C)c(OC([2H])([2H])[2H])c3C)[nH]c2c1.[H-].[Na+]. The maximum Gasteiger partial charge on any atom is 1.00 e. The topological polar surface area (TPSA) is 77.1 Å². The zero-order valence-electron chi connectivity index (χ0n) is 21.0. The van der Waals surface area contributed by atoms with Crippen LogP contribution in [0.2, 0.25) is 0 Å². The number of fused-ring (bicyclic) bond motifs is 1. The van der Waals surface area contributed by atoms with Crippen molar-refractivity contribution in [3.63, 3.8) is 0 Å². The molecule has 0 aliphatic carbocycles. The first-order valence-corrected chi connectivity index (χ1v) is 8.35. The molecule has 0 radical (unpaired) electrons. The molecule has 25 heavy (non-hydrogen) atoms. The van der Waals surface area contributed by atoms with Crippen molar-refractivity contribution in [3.05, 3.63) is 41.2 Å². The third-order valence-electron chi connectivity index (χ3n) is 3.68. The number of aromatic nitrogens is 3. The molecule has 3 aromatic rings. The Balaban J connectivity index is 0.00000256. The maximum atomic E-state index is 12.8. The van der Waals surface area contributed by atoms with E-state index in [0.717, 1.165) is 0 Å². The summed E-state index contributed by atoms with van der Waals surface area (Å²) in [4.78, 5) is 11.4. The Hall–Kier alpha value is -1.41. The van der Waals surface area contributed by atoms with E-state index in [1.54, 1.807) is 19.9 Å². The van der Waals surface area contributed by atoms with Crippen LogP contribution in [0, 0.1) is 13.8 Å². The van der Waals surface area contributed by atoms with E-state index in [0.29, 0.717) is 27.9 Å². The molecule has 0 spiro atoms. The normalized spacial score (nSPS) is 16.4. The average molecular weight is 375 g/mol. The van der Waals surface area contributed by atoms with Crippen LogP contribution in [-0.4, -0.2) is 33.2 Å². The van der Waals surface area contributed by atoms with E-state index < -0.39 is 24.9 Å². The van der Waals surface area contributed by atoms with Crippen LogP contribution in [0.3, 0.4) is 0 Å². The summed E-state index contributed by atoms with van der Waals surface area (Å²) < 4.78 is 66.2. The number of nitrogens with zero attached hydrogens (tertiary/aromatic N) is 2. The van der Waals surface area contributed by atoms with Gasteiger partial charge in [0.25, 0.3) is 0 Å². The monoisotopic (exact) mass is 375 g/mol. The second-order valence-corrected chi connectivity index (χ2v) is 6.62. The molecule has 6 nitrogen and oxygen atoms in total. The van der Waals surface area contributed by atoms with E-state index in [4.69, 9.17) is 17.7 Å². The summed E-state index contributed by atoms with van der Waals surface area (Å²) in [6, 6.07) is 4.49. The molecule has 0 saturated heterocycles. The Morgan fingerprint density at radius 3 is 2.88 bits per heavy atom. The predicted octanol–water partition coefficient (Wildman–Crippen LogP) is 0.0162. The van der Waals surface area contributed by atoms with Crippen molar-refractivity contribution in [2.45, 2.75) is 24.8 Å². The Morgan fingerprint density at radius 2 is 2.12 bits per heavy atom. The van der Waals surface area contributed by atoms with E-state index in [-0.39, 0.29) is 53.4 Å². The van der Waals surface area contributed by atoms with Gasteiger partial charge in [-0.3, -0.25) is 9.19 Å². The first-order valence-electron chi connectivity index (χ1n) is 10.0. The van der Waals surface area contributed by atoms with Gasteiger partial charge in [0.2, 0.25) is 0 Å². The van der Waals surface area contributed by atoms with Gasteiger partial charge in [0.15, 0.2) is 5.16 Å². The molecule has 3 rings (SSSR count). The molecule has 1 atom stereocenters. The predicted molar refractivity (Wildman–Crippen MR) is 94.1 cm³/mol. The summed E-state index contributed by atoms with van der Waals surface area (Å²) in [5, 5.41) is 0.177. The van der Waals surface area contributed by atoms with E-state index in [1.807, 2.05) is 0 Å². The Morgan fingerprint density at radius 1 is 1.32 bits per heavy atom. The van der Waals surface area contributed by atoms with Crippen LogP contribution < -0.4 is 39.0 Å². The minimum Gasteiger partial charge on any atom is -1.00 e. The van der Waals surface area contributed by atoms with Crippen LogP contribution in [0.15, 0.2) is 29.6 Å². The number of benzene rings is 1. The van der Waals surface area contributed by atoms with Gasteiger partial charge in [-0.2, -0.15) is 0 Å². The number of H-pyrrole nitrogens is 1. The van der Waals surface area contributed by atoms with Gasteiger partial charge in [-0.15, -0.1) is 0 Å². The molecule has 2 aromatic heterocycles. The van der Waals surface area contributed by atoms with E-state index in [1.165, 1.54) is 18.3 Å². The molecular formula is C17H20N3NaO3S. The van der Waals surface area contributed by atoms with Gasteiger partial charge in [-0.05, 0) is 26.0 Å². The molecular weight excluding hydrogens is 349 g/mol. The molecule has 1 N–H and O–H groups in total. The number of methoxy groups -OCH3 is 2. The van der Waals surface area contributed by atoms with Crippen molar-refractivity contribution in [1.29, 1.82) is 0 Å². The minimum atomic E-state index is -2.61. The third-order valence-corrected chi connectivity index (χ3v) is 4.84. The third kappa shape index (κ3) is 4.06. The summed E-state index contributed by atoms with van der Waals surface area (Å²) in [6.07, 6.45) is 1.47. The summed E-state index contributed by atoms with van der Waals surface area (Å²) >= 11 is 0. The molecule has 0 aliphatic rings. The van der Waals surface area contributed by atoms with Gasteiger partial charge in [0.1, 0.15) is 11.5 Å². The van der Waals surface area contributed by atoms with E-state index in [9.17, 15) is 4.21 Å². The van der Waals surface area contributed by atoms with Crippen molar-refractivity contribution in [3.8, 4) is 11.5 Å². The van der Waals surface area contributed by atoms with Crippen LogP contribution in [0.5, 0.6) is 11.5 Å². The fraction of sp³-hybridized carbons (Fsp3) is 0.294. The standard InChI is InChI=1S/C17H19N3O3S.Na.H/c1-10-8-18-15(11(2)16(10)23-4)9-24(21)17-19-13-6-5-12(22-3)7-14(13)20-17;;/h5-8H,9H2,1-4H3,(H,19,20);;/q;+1;-1/i3D3,4D3;;. The first kappa shape index (κ1) is 12.9. The molecule has 0 saturated carbocycles. The molecule has 0 bridgehead atoms. The number of hydrogen-bond donors (Lipinski definition) is 1. The summed E-state index contributed by atoms with van der Waals surface area (Å²) in [5.41, 5.74) is 2.44. The molecule has 8 heteroatoms. The number of nitrogens with one attached hydrogen (secondary N) is 1. The smallest absolute Gasteiger partial charge is 1.00 e. The second-order valence-electron chi connectivity index (χ2n) is 5.26. The van der Waals surface area contributed by atoms with E-state index in [2.05, 4.69) is 15.0 Å². The number of ether oxygens (including phenoxy) is 2. The fourth-order valence-electron chi connectivity index (χ4n) is 2.39. The minimum absolute atomic E-state index is 0. The van der Waals surface area contributed by atoms with E-state index >= 15 is 0 Å². The Bertz CT molecular complexity index is 1120. The molecule has 1 aromatic carbocycles. The van der Waals surface area contributed by atoms with Crippen molar-refractivity contribution in [2.24, 2.45) is 0 Å². The van der Waals surface area contributed by atoms with Crippen LogP contribution >= 0.6 is 0 Å². The van der Waals surface area contributed by atoms with Crippen LogP contribution in [0.25, 0.3) is 11.0 Å². The molecule has 0 fully saturated rings. The van der Waals surface area contributed by atoms with Gasteiger partial charge >= 0.3 is 29.6 Å². The number of hydrogen-bond acceptors (Lipinski definition) is 5. The zero-order valence-corrected chi connectivity index (χ0v) is 16.9. The fourth-order valence-corrected chi connectivity index (χ4v) is 3.49. The number of aryl methyl sites for hydroxylation is 1. The molecule has 128 valence electrons. The molecule has 1 unspecified atom stereocenters. The molecule has 2 heterocycles. The number of aromatic amines is 1. The van der Waals surface area contributed by atoms with Crippen molar-refractivity contribution >= 4 is 21.8 Å². The number of rotatable bonds is 5. The molecule has 0 amide bonds. The van der Waals surface area contributed by atoms with Crippen LogP contribution in [0.1, 0.15) is 26.5 Å². The zero-order chi connectivity index (χ0) is 22.3. The second kappa shape index (κ2) is 8.31. The summed E-state index contributed by atoms with van der Waals surface area (Å²) in [6.45, 7) is 3.34. The average Bonchev–Trinajstić information content (AvgIpc) is 3.02. The number of imidazole rings is 1. The van der Waals surface area contributed by atoms with Crippen LogP contribution in [0.4, 0.5) is 0 Å². The largest absolute Gasteiger partial charge is 1.00 e. The Kier molecular flexibility index (Phi) is 4.28.